The molecule has 1 heterocycles. The minimum atomic E-state index is -1.19. The fourth-order valence-electron chi connectivity index (χ4n) is 1.53. The largest absolute Gasteiger partial charge is 0.482 e. The van der Waals surface area contributed by atoms with Crippen molar-refractivity contribution >= 4 is 23.6 Å². The average Bonchev–Trinajstić information content (AvgIpc) is 2.27. The molecule has 5 heteroatoms. The first-order chi connectivity index (χ1) is 7.61. The lowest BCUT2D eigenvalue weighted by molar-refractivity contribution is -0.133. The molecule has 1 unspecified atom stereocenters. The molecule has 1 atom stereocenters. The number of aliphatic carboxylic acids is 1. The third kappa shape index (κ3) is 1.88. The summed E-state index contributed by atoms with van der Waals surface area (Å²) in [5.41, 5.74) is 0.451. The number of benzene rings is 1. The number of ether oxygens (including phenoxy) is 1. The molecule has 1 aliphatic rings. The lowest BCUT2D eigenvalue weighted by Crippen LogP contribution is -2.29. The topological polar surface area (TPSA) is 46.5 Å². The third-order valence-corrected chi connectivity index (χ3v) is 2.52. The van der Waals surface area contributed by atoms with Gasteiger partial charge in [0.25, 0.3) is 0 Å². The van der Waals surface area contributed by atoms with Gasteiger partial charge < -0.3 is 9.84 Å². The molecule has 0 spiro atoms. The molecule has 0 saturated carbocycles. The van der Waals surface area contributed by atoms with Crippen molar-refractivity contribution in [3.05, 3.63) is 34.4 Å². The predicted molar refractivity (Wildman–Crippen MR) is 57.5 cm³/mol. The second-order valence-electron chi connectivity index (χ2n) is 3.35. The number of alkyl halides is 1. The molecule has 0 saturated heterocycles. The number of carboxylic acid groups (broad SMARTS) is 1. The van der Waals surface area contributed by atoms with Gasteiger partial charge in [0.2, 0.25) is 0 Å². The Hall–Kier alpha value is -1.55. The quantitative estimate of drug-likeness (QED) is 0.867. The van der Waals surface area contributed by atoms with Gasteiger partial charge in [-0.05, 0) is 24.3 Å². The summed E-state index contributed by atoms with van der Waals surface area (Å²) in [5, 5.41) is 9.36. The van der Waals surface area contributed by atoms with Crippen LogP contribution in [0.25, 0.3) is 6.08 Å². The minimum Gasteiger partial charge on any atom is -0.482 e. The van der Waals surface area contributed by atoms with Crippen molar-refractivity contribution in [3.8, 4) is 5.75 Å². The zero-order valence-electron chi connectivity index (χ0n) is 8.11. The highest BCUT2D eigenvalue weighted by molar-refractivity contribution is 6.30. The molecule has 1 N–H and O–H groups in total. The highest BCUT2D eigenvalue weighted by atomic mass is 35.5. The molecule has 0 amide bonds. The van der Waals surface area contributed by atoms with Crippen LogP contribution in [0.3, 0.4) is 0 Å². The zero-order chi connectivity index (χ0) is 11.7. The molecule has 0 radical (unpaired) electrons. The molecule has 0 fully saturated rings. The van der Waals surface area contributed by atoms with E-state index >= 15 is 0 Å². The van der Waals surface area contributed by atoms with E-state index in [1.807, 2.05) is 0 Å². The Bertz CT molecular complexity index is 470. The monoisotopic (exact) mass is 242 g/mol. The van der Waals surface area contributed by atoms with E-state index < -0.39 is 18.7 Å². The van der Waals surface area contributed by atoms with Gasteiger partial charge in [0, 0.05) is 10.6 Å². The fraction of sp³-hybridized carbons (Fsp3) is 0.182. The summed E-state index contributed by atoms with van der Waals surface area (Å²) in [5.74, 6) is -0.745. The first-order valence-corrected chi connectivity index (χ1v) is 4.96. The van der Waals surface area contributed by atoms with Crippen LogP contribution in [0, 0.1) is 0 Å². The van der Waals surface area contributed by atoms with E-state index in [1.54, 1.807) is 18.2 Å². The van der Waals surface area contributed by atoms with Gasteiger partial charge in [-0.25, -0.2) is 9.18 Å². The van der Waals surface area contributed by atoms with E-state index in [9.17, 15) is 9.18 Å². The Morgan fingerprint density at radius 1 is 1.56 bits per heavy atom. The average molecular weight is 243 g/mol. The normalized spacial score (nSPS) is 18.4. The summed E-state index contributed by atoms with van der Waals surface area (Å²) < 4.78 is 17.8. The number of hydrogen-bond acceptors (Lipinski definition) is 2. The van der Waals surface area contributed by atoms with Crippen molar-refractivity contribution < 1.29 is 19.0 Å². The Morgan fingerprint density at radius 2 is 2.31 bits per heavy atom. The summed E-state index contributed by atoms with van der Waals surface area (Å²) in [6.07, 6.45) is 0.336. The number of carboxylic acids is 1. The lowest BCUT2D eigenvalue weighted by Gasteiger charge is -2.23. The van der Waals surface area contributed by atoms with Gasteiger partial charge in [-0.2, -0.15) is 0 Å². The highest BCUT2D eigenvalue weighted by Crippen LogP contribution is 2.31. The fourth-order valence-corrected chi connectivity index (χ4v) is 1.71. The second-order valence-corrected chi connectivity index (χ2v) is 3.78. The molecule has 16 heavy (non-hydrogen) atoms. The van der Waals surface area contributed by atoms with E-state index in [4.69, 9.17) is 21.4 Å². The summed E-state index contributed by atoms with van der Waals surface area (Å²) in [4.78, 5) is 10.9. The van der Waals surface area contributed by atoms with E-state index in [-0.39, 0.29) is 5.57 Å². The molecule has 1 aromatic carbocycles. The van der Waals surface area contributed by atoms with E-state index in [0.29, 0.717) is 16.3 Å². The van der Waals surface area contributed by atoms with E-state index in [0.717, 1.165) is 0 Å². The maximum Gasteiger partial charge on any atom is 0.335 e. The Morgan fingerprint density at radius 3 is 2.94 bits per heavy atom. The van der Waals surface area contributed by atoms with Crippen LogP contribution in [0.5, 0.6) is 5.75 Å². The van der Waals surface area contributed by atoms with Gasteiger partial charge >= 0.3 is 5.97 Å². The molecule has 1 aliphatic heterocycles. The van der Waals surface area contributed by atoms with E-state index in [1.165, 1.54) is 6.08 Å². The van der Waals surface area contributed by atoms with Crippen molar-refractivity contribution in [2.24, 2.45) is 0 Å². The van der Waals surface area contributed by atoms with Gasteiger partial charge in [-0.1, -0.05) is 11.6 Å². The summed E-state index contributed by atoms with van der Waals surface area (Å²) in [6.45, 7) is -0.875. The summed E-state index contributed by atoms with van der Waals surface area (Å²) in [6, 6.07) is 4.78. The lowest BCUT2D eigenvalue weighted by atomic mass is 10.0. The SMILES string of the molecule is O=C(O)C1=Cc2cc(Cl)ccc2OC1CF. The molecule has 3 nitrogen and oxygen atoms in total. The molecule has 84 valence electrons. The summed E-state index contributed by atoms with van der Waals surface area (Å²) >= 11 is 5.77. The second kappa shape index (κ2) is 4.14. The first kappa shape index (κ1) is 11.0. The van der Waals surface area contributed by atoms with Crippen LogP contribution in [-0.4, -0.2) is 23.9 Å². The van der Waals surface area contributed by atoms with Crippen LogP contribution in [0.15, 0.2) is 23.8 Å². The van der Waals surface area contributed by atoms with Gasteiger partial charge in [-0.3, -0.25) is 0 Å². The van der Waals surface area contributed by atoms with Crippen molar-refractivity contribution in [2.75, 3.05) is 6.67 Å². The molecule has 1 aromatic rings. The Labute approximate surface area is 96.1 Å². The van der Waals surface area contributed by atoms with Crippen molar-refractivity contribution in [1.82, 2.24) is 0 Å². The molecule has 0 bridgehead atoms. The van der Waals surface area contributed by atoms with Crippen LogP contribution in [0.4, 0.5) is 4.39 Å². The number of rotatable bonds is 2. The number of hydrogen-bond donors (Lipinski definition) is 1. The molecule has 2 rings (SSSR count). The molecular formula is C11H8ClFO3. The van der Waals surface area contributed by atoms with Gasteiger partial charge in [0.1, 0.15) is 12.4 Å². The van der Waals surface area contributed by atoms with Crippen LogP contribution in [0.1, 0.15) is 5.56 Å². The maximum absolute atomic E-state index is 12.6. The molecule has 0 aromatic heterocycles. The number of carbonyl (C=O) groups is 1. The molecular weight excluding hydrogens is 235 g/mol. The van der Waals surface area contributed by atoms with Crippen LogP contribution >= 0.6 is 11.6 Å². The first-order valence-electron chi connectivity index (χ1n) is 4.59. The van der Waals surface area contributed by atoms with Gasteiger partial charge in [-0.15, -0.1) is 0 Å². The van der Waals surface area contributed by atoms with Crippen LogP contribution < -0.4 is 4.74 Å². The van der Waals surface area contributed by atoms with Gasteiger partial charge in [0.05, 0.1) is 5.57 Å². The van der Waals surface area contributed by atoms with Gasteiger partial charge in [0.15, 0.2) is 6.10 Å². The van der Waals surface area contributed by atoms with Crippen molar-refractivity contribution in [1.29, 1.82) is 0 Å². The zero-order valence-corrected chi connectivity index (χ0v) is 8.87. The van der Waals surface area contributed by atoms with Crippen LogP contribution in [-0.2, 0) is 4.79 Å². The Balaban J connectivity index is 2.49. The Kier molecular flexibility index (Phi) is 2.83. The van der Waals surface area contributed by atoms with Crippen LogP contribution in [0.2, 0.25) is 5.02 Å². The van der Waals surface area contributed by atoms with Crippen molar-refractivity contribution in [3.63, 3.8) is 0 Å². The highest BCUT2D eigenvalue weighted by Gasteiger charge is 2.27. The summed E-state index contributed by atoms with van der Waals surface area (Å²) in [7, 11) is 0. The molecule has 0 aliphatic carbocycles. The minimum absolute atomic E-state index is 0.0998. The number of halogens is 2. The smallest absolute Gasteiger partial charge is 0.335 e. The standard InChI is InChI=1S/C11H8ClFO3/c12-7-1-2-9-6(3-7)4-8(11(14)15)10(5-13)16-9/h1-4,10H,5H2,(H,14,15). The van der Waals surface area contributed by atoms with Crippen molar-refractivity contribution in [2.45, 2.75) is 6.10 Å². The predicted octanol–water partition coefficient (Wildman–Crippen LogP) is 2.54. The maximum atomic E-state index is 12.6. The van der Waals surface area contributed by atoms with E-state index in [2.05, 4.69) is 0 Å². The third-order valence-electron chi connectivity index (χ3n) is 2.29. The number of fused-ring (bicyclic) bond motifs is 1.